The highest BCUT2D eigenvalue weighted by molar-refractivity contribution is 4.55. The molecular formula is C27H60BrN2O+. The molecule has 3 nitrogen and oxygen atoms in total. The Morgan fingerprint density at radius 1 is 0.484 bits per heavy atom. The van der Waals surface area contributed by atoms with Gasteiger partial charge in [-0.15, -0.1) is 0 Å². The Bertz CT molecular complexity index is 340. The fourth-order valence-corrected chi connectivity index (χ4v) is 4.73. The summed E-state index contributed by atoms with van der Waals surface area (Å²) in [5.41, 5.74) is 0. The number of likely N-dealkylation sites (N-methyl/N-ethyl adjacent to an activating group) is 2. The highest BCUT2D eigenvalue weighted by atomic mass is 79.9. The number of rotatable bonds is 22. The molecule has 0 amide bonds. The number of hydrogen-bond acceptors (Lipinski definition) is 1. The quantitative estimate of drug-likeness (QED) is 0.174. The summed E-state index contributed by atoms with van der Waals surface area (Å²) in [6.45, 7) is 8.72. The van der Waals surface area contributed by atoms with Crippen LogP contribution in [0.15, 0.2) is 0 Å². The summed E-state index contributed by atoms with van der Waals surface area (Å²) in [6, 6.07) is 0. The van der Waals surface area contributed by atoms with Crippen molar-refractivity contribution in [2.45, 2.75) is 123 Å². The van der Waals surface area contributed by atoms with Crippen molar-refractivity contribution in [1.29, 1.82) is 0 Å². The highest BCUT2D eigenvalue weighted by Crippen LogP contribution is 2.13. The SMILES string of the molecule is CCCCCCCCCC[N+](C)(C)CC(O)C[N+](C)(C)CCCCCCCCCC.[Br-]. The van der Waals surface area contributed by atoms with Crippen LogP contribution in [0.3, 0.4) is 0 Å². The van der Waals surface area contributed by atoms with Crippen LogP contribution in [0.1, 0.15) is 117 Å². The fraction of sp³-hybridized carbons (Fsp3) is 1.00. The first-order chi connectivity index (χ1) is 14.2. The minimum absolute atomic E-state index is 0. The van der Waals surface area contributed by atoms with Gasteiger partial charge in [-0.25, -0.2) is 0 Å². The Hall–Kier alpha value is 0.360. The van der Waals surface area contributed by atoms with Gasteiger partial charge in [0, 0.05) is 0 Å². The molecule has 0 aromatic rings. The van der Waals surface area contributed by atoms with Gasteiger partial charge in [0.25, 0.3) is 0 Å². The van der Waals surface area contributed by atoms with Gasteiger partial charge in [0.15, 0.2) is 6.10 Å². The molecule has 0 bridgehead atoms. The van der Waals surface area contributed by atoms with Gasteiger partial charge < -0.3 is 31.1 Å². The van der Waals surface area contributed by atoms with Crippen molar-refractivity contribution in [3.63, 3.8) is 0 Å². The van der Waals surface area contributed by atoms with Crippen LogP contribution in [0, 0.1) is 0 Å². The smallest absolute Gasteiger partial charge is 0.152 e. The minimum Gasteiger partial charge on any atom is -1.00 e. The van der Waals surface area contributed by atoms with E-state index < -0.39 is 0 Å². The van der Waals surface area contributed by atoms with E-state index in [1.807, 2.05) is 0 Å². The minimum atomic E-state index is -0.196. The van der Waals surface area contributed by atoms with Crippen molar-refractivity contribution in [2.75, 3.05) is 54.4 Å². The third-order valence-electron chi connectivity index (χ3n) is 6.64. The second kappa shape index (κ2) is 20.9. The van der Waals surface area contributed by atoms with Gasteiger partial charge in [0.1, 0.15) is 13.1 Å². The number of quaternary nitrogens is 2. The molecule has 0 aliphatic heterocycles. The average molecular weight is 509 g/mol. The lowest BCUT2D eigenvalue weighted by Gasteiger charge is -2.36. The van der Waals surface area contributed by atoms with Crippen LogP contribution in [0.25, 0.3) is 0 Å². The topological polar surface area (TPSA) is 20.2 Å². The first-order valence-electron chi connectivity index (χ1n) is 13.5. The Balaban J connectivity index is 0. The summed E-state index contributed by atoms with van der Waals surface area (Å²) < 4.78 is 1.91. The molecule has 0 unspecified atom stereocenters. The molecule has 0 spiro atoms. The maximum absolute atomic E-state index is 10.7. The van der Waals surface area contributed by atoms with Crippen LogP contribution in [-0.4, -0.2) is 74.5 Å². The van der Waals surface area contributed by atoms with E-state index in [-0.39, 0.29) is 23.1 Å². The second-order valence-electron chi connectivity index (χ2n) is 11.3. The van der Waals surface area contributed by atoms with Gasteiger partial charge in [-0.3, -0.25) is 0 Å². The first kappa shape index (κ1) is 33.5. The molecule has 0 rings (SSSR count). The molecule has 1 N–H and O–H groups in total. The molecule has 4 heteroatoms. The monoisotopic (exact) mass is 507 g/mol. The molecule has 0 fully saturated rings. The molecule has 0 aromatic heterocycles. The lowest BCUT2D eigenvalue weighted by Crippen LogP contribution is -3.00. The van der Waals surface area contributed by atoms with Crippen LogP contribution in [0.2, 0.25) is 0 Å². The van der Waals surface area contributed by atoms with E-state index >= 15 is 0 Å². The van der Waals surface area contributed by atoms with Gasteiger partial charge in [-0.2, -0.15) is 0 Å². The van der Waals surface area contributed by atoms with Gasteiger partial charge in [-0.1, -0.05) is 90.9 Å². The van der Waals surface area contributed by atoms with Crippen molar-refractivity contribution < 1.29 is 31.1 Å². The van der Waals surface area contributed by atoms with Crippen LogP contribution in [-0.2, 0) is 0 Å². The van der Waals surface area contributed by atoms with E-state index in [1.165, 1.54) is 116 Å². The van der Waals surface area contributed by atoms with Crippen molar-refractivity contribution in [2.24, 2.45) is 0 Å². The number of halogens is 1. The molecule has 0 aliphatic rings. The predicted octanol–water partition coefficient (Wildman–Crippen LogP) is 3.79. The molecule has 0 aliphatic carbocycles. The fourth-order valence-electron chi connectivity index (χ4n) is 4.73. The van der Waals surface area contributed by atoms with Gasteiger partial charge in [0.2, 0.25) is 0 Å². The molecule has 0 saturated heterocycles. The summed E-state index contributed by atoms with van der Waals surface area (Å²) in [7, 11) is 9.18. The standard InChI is InChI=1S/C27H60N2O.BrH/c1-7-9-11-13-15-17-19-21-23-28(3,4)25-27(30)26-29(5,6)24-22-20-18-16-14-12-10-8-2;/h27,30H,7-26H2,1-6H3;1H/q+2;/p-1. The molecule has 190 valence electrons. The maximum atomic E-state index is 10.7. The third kappa shape index (κ3) is 23.3. The van der Waals surface area contributed by atoms with Crippen molar-refractivity contribution in [3.8, 4) is 0 Å². The molecule has 0 atom stereocenters. The highest BCUT2D eigenvalue weighted by Gasteiger charge is 2.26. The number of unbranched alkanes of at least 4 members (excludes halogenated alkanes) is 14. The Labute approximate surface area is 207 Å². The summed E-state index contributed by atoms with van der Waals surface area (Å²) in [5.74, 6) is 0. The van der Waals surface area contributed by atoms with E-state index in [9.17, 15) is 5.11 Å². The zero-order chi connectivity index (χ0) is 22.7. The maximum Gasteiger partial charge on any atom is 0.152 e. The zero-order valence-electron chi connectivity index (χ0n) is 22.4. The Kier molecular flexibility index (Phi) is 22.6. The molecule has 0 heterocycles. The van der Waals surface area contributed by atoms with Crippen LogP contribution < -0.4 is 17.0 Å². The number of aliphatic hydroxyl groups excluding tert-OH is 1. The van der Waals surface area contributed by atoms with Gasteiger partial charge in [0.05, 0.1) is 41.3 Å². The van der Waals surface area contributed by atoms with E-state index in [2.05, 4.69) is 42.0 Å². The summed E-state index contributed by atoms with van der Waals surface area (Å²) in [6.07, 6.45) is 21.8. The molecule has 0 aromatic carbocycles. The van der Waals surface area contributed by atoms with Crippen LogP contribution in [0.4, 0.5) is 0 Å². The number of aliphatic hydroxyl groups is 1. The summed E-state index contributed by atoms with van der Waals surface area (Å²) in [4.78, 5) is 0. The first-order valence-corrected chi connectivity index (χ1v) is 13.5. The molecule has 0 saturated carbocycles. The normalized spacial score (nSPS) is 12.4. The summed E-state index contributed by atoms with van der Waals surface area (Å²) in [5, 5.41) is 10.7. The van der Waals surface area contributed by atoms with Crippen LogP contribution >= 0.6 is 0 Å². The van der Waals surface area contributed by atoms with Gasteiger partial charge >= 0.3 is 0 Å². The largest absolute Gasteiger partial charge is 1.00 e. The second-order valence-corrected chi connectivity index (χ2v) is 11.3. The van der Waals surface area contributed by atoms with Crippen molar-refractivity contribution in [1.82, 2.24) is 0 Å². The van der Waals surface area contributed by atoms with Gasteiger partial charge in [-0.05, 0) is 25.7 Å². The number of hydrogen-bond donors (Lipinski definition) is 1. The average Bonchev–Trinajstić information content (AvgIpc) is 2.65. The molecule has 31 heavy (non-hydrogen) atoms. The Morgan fingerprint density at radius 3 is 1.03 bits per heavy atom. The lowest BCUT2D eigenvalue weighted by molar-refractivity contribution is -0.914. The molecular weight excluding hydrogens is 448 g/mol. The zero-order valence-corrected chi connectivity index (χ0v) is 24.0. The number of nitrogens with zero attached hydrogens (tertiary/aromatic N) is 2. The van der Waals surface area contributed by atoms with Crippen molar-refractivity contribution >= 4 is 0 Å². The van der Waals surface area contributed by atoms with E-state index in [4.69, 9.17) is 0 Å². The van der Waals surface area contributed by atoms with E-state index in [0.717, 1.165) is 22.1 Å². The third-order valence-corrected chi connectivity index (χ3v) is 6.64. The lowest BCUT2D eigenvalue weighted by atomic mass is 10.1. The molecule has 0 radical (unpaired) electrons. The van der Waals surface area contributed by atoms with Crippen molar-refractivity contribution in [3.05, 3.63) is 0 Å². The van der Waals surface area contributed by atoms with Crippen LogP contribution in [0.5, 0.6) is 0 Å². The Morgan fingerprint density at radius 2 is 0.742 bits per heavy atom. The van der Waals surface area contributed by atoms with E-state index in [0.29, 0.717) is 0 Å². The van der Waals surface area contributed by atoms with E-state index in [1.54, 1.807) is 0 Å². The summed E-state index contributed by atoms with van der Waals surface area (Å²) >= 11 is 0. The predicted molar refractivity (Wildman–Crippen MR) is 135 cm³/mol.